The van der Waals surface area contributed by atoms with E-state index in [1.54, 1.807) is 12.1 Å². The molecule has 0 amide bonds. The zero-order chi connectivity index (χ0) is 18.8. The minimum atomic E-state index is -0.329. The fourth-order valence-corrected chi connectivity index (χ4v) is 3.14. The molecule has 2 aromatic carbocycles. The second-order valence-corrected chi connectivity index (χ2v) is 6.85. The average molecular weight is 354 g/mol. The summed E-state index contributed by atoms with van der Waals surface area (Å²) in [6, 6.07) is 15.7. The lowest BCUT2D eigenvalue weighted by Gasteiger charge is -2.14. The summed E-state index contributed by atoms with van der Waals surface area (Å²) >= 11 is 0. The van der Waals surface area contributed by atoms with Crippen molar-refractivity contribution in [1.82, 2.24) is 0 Å². The molecule has 0 aliphatic heterocycles. The number of aryl methyl sites for hydroxylation is 1. The third-order valence-corrected chi connectivity index (χ3v) is 4.85. The zero-order valence-electron chi connectivity index (χ0n) is 16.0. The summed E-state index contributed by atoms with van der Waals surface area (Å²) in [5, 5.41) is 0. The molecule has 2 aromatic rings. The Labute approximate surface area is 157 Å². The molecule has 0 saturated carbocycles. The molecular formula is C23H31NO2. The van der Waals surface area contributed by atoms with E-state index < -0.39 is 0 Å². The van der Waals surface area contributed by atoms with Gasteiger partial charge in [-0.2, -0.15) is 0 Å². The van der Waals surface area contributed by atoms with Gasteiger partial charge in [0.15, 0.2) is 0 Å². The van der Waals surface area contributed by atoms with E-state index in [2.05, 4.69) is 31.2 Å². The number of esters is 1. The second-order valence-electron chi connectivity index (χ2n) is 6.85. The number of rotatable bonds is 10. The van der Waals surface area contributed by atoms with Crippen LogP contribution in [0, 0.1) is 0 Å². The number of carbonyl (C=O) groups is 1. The molecule has 2 rings (SSSR count). The monoisotopic (exact) mass is 353 g/mol. The van der Waals surface area contributed by atoms with Crippen molar-refractivity contribution < 1.29 is 9.53 Å². The van der Waals surface area contributed by atoms with Crippen molar-refractivity contribution >= 4 is 5.97 Å². The lowest BCUT2D eigenvalue weighted by Crippen LogP contribution is -2.12. The average Bonchev–Trinajstić information content (AvgIpc) is 2.70. The Kier molecular flexibility index (Phi) is 8.36. The molecule has 0 heterocycles. The lowest BCUT2D eigenvalue weighted by molar-refractivity contribution is 0.0600. The van der Waals surface area contributed by atoms with E-state index in [0.717, 1.165) is 17.5 Å². The summed E-state index contributed by atoms with van der Waals surface area (Å²) in [5.74, 6) is -0.329. The van der Waals surface area contributed by atoms with Gasteiger partial charge in [0.05, 0.1) is 18.7 Å². The van der Waals surface area contributed by atoms with Crippen molar-refractivity contribution in [3.05, 3.63) is 70.8 Å². The van der Waals surface area contributed by atoms with Gasteiger partial charge in [-0.3, -0.25) is 0 Å². The molecule has 3 heteroatoms. The number of carbonyl (C=O) groups excluding carboxylic acids is 1. The van der Waals surface area contributed by atoms with Crippen LogP contribution < -0.4 is 5.73 Å². The van der Waals surface area contributed by atoms with Gasteiger partial charge in [0.25, 0.3) is 0 Å². The zero-order valence-corrected chi connectivity index (χ0v) is 16.0. The molecule has 0 aliphatic carbocycles. The van der Waals surface area contributed by atoms with E-state index in [1.165, 1.54) is 51.2 Å². The van der Waals surface area contributed by atoms with Crippen molar-refractivity contribution in [2.45, 2.75) is 57.9 Å². The van der Waals surface area contributed by atoms with Gasteiger partial charge in [-0.05, 0) is 41.7 Å². The highest BCUT2D eigenvalue weighted by Crippen LogP contribution is 2.21. The highest BCUT2D eigenvalue weighted by molar-refractivity contribution is 5.89. The van der Waals surface area contributed by atoms with Crippen LogP contribution in [0.3, 0.4) is 0 Å². The van der Waals surface area contributed by atoms with Crippen LogP contribution in [0.2, 0.25) is 0 Å². The third kappa shape index (κ3) is 5.99. The van der Waals surface area contributed by atoms with Crippen LogP contribution in [0.5, 0.6) is 0 Å². The Morgan fingerprint density at radius 1 is 0.885 bits per heavy atom. The largest absolute Gasteiger partial charge is 0.465 e. The highest BCUT2D eigenvalue weighted by Gasteiger charge is 2.11. The van der Waals surface area contributed by atoms with Crippen LogP contribution in [-0.2, 0) is 11.2 Å². The smallest absolute Gasteiger partial charge is 0.337 e. The number of benzene rings is 2. The molecule has 1 atom stereocenters. The summed E-state index contributed by atoms with van der Waals surface area (Å²) < 4.78 is 4.72. The number of nitrogens with two attached hydrogens (primary N) is 1. The fourth-order valence-electron chi connectivity index (χ4n) is 3.14. The maximum absolute atomic E-state index is 11.5. The molecule has 0 saturated heterocycles. The summed E-state index contributed by atoms with van der Waals surface area (Å²) in [6.45, 7) is 2.25. The predicted octanol–water partition coefficient (Wildman–Crippen LogP) is 5.42. The number of hydrogen-bond donors (Lipinski definition) is 1. The topological polar surface area (TPSA) is 52.3 Å². The van der Waals surface area contributed by atoms with Crippen LogP contribution in [0.15, 0.2) is 48.5 Å². The third-order valence-electron chi connectivity index (χ3n) is 4.85. The summed E-state index contributed by atoms with van der Waals surface area (Å²) in [4.78, 5) is 11.5. The first-order valence-corrected chi connectivity index (χ1v) is 9.68. The number of ether oxygens (including phenoxy) is 1. The van der Waals surface area contributed by atoms with Gasteiger partial charge >= 0.3 is 5.97 Å². The van der Waals surface area contributed by atoms with Gasteiger partial charge < -0.3 is 10.5 Å². The van der Waals surface area contributed by atoms with E-state index in [1.807, 2.05) is 12.1 Å². The Balaban J connectivity index is 1.87. The van der Waals surface area contributed by atoms with Crippen LogP contribution >= 0.6 is 0 Å². The van der Waals surface area contributed by atoms with Crippen molar-refractivity contribution in [3.8, 4) is 0 Å². The molecule has 3 nitrogen and oxygen atoms in total. The molecule has 0 radical (unpaired) electrons. The van der Waals surface area contributed by atoms with Crippen LogP contribution in [0.25, 0.3) is 0 Å². The van der Waals surface area contributed by atoms with E-state index in [9.17, 15) is 4.79 Å². The van der Waals surface area contributed by atoms with Crippen LogP contribution in [0.1, 0.15) is 78.5 Å². The van der Waals surface area contributed by atoms with Gasteiger partial charge in [-0.25, -0.2) is 4.79 Å². The van der Waals surface area contributed by atoms with Gasteiger partial charge in [0.1, 0.15) is 0 Å². The molecule has 1 unspecified atom stereocenters. The molecule has 0 fully saturated rings. The first-order chi connectivity index (χ1) is 12.7. The van der Waals surface area contributed by atoms with Crippen LogP contribution in [0.4, 0.5) is 0 Å². The second kappa shape index (κ2) is 10.8. The minimum absolute atomic E-state index is 0.190. The molecule has 0 aliphatic rings. The first kappa shape index (κ1) is 20.2. The van der Waals surface area contributed by atoms with Gasteiger partial charge in [-0.15, -0.1) is 0 Å². The van der Waals surface area contributed by atoms with E-state index in [4.69, 9.17) is 10.5 Å². The molecule has 0 aromatic heterocycles. The Bertz CT molecular complexity index is 662. The van der Waals surface area contributed by atoms with E-state index in [0.29, 0.717) is 5.56 Å². The minimum Gasteiger partial charge on any atom is -0.465 e. The molecule has 140 valence electrons. The van der Waals surface area contributed by atoms with Crippen molar-refractivity contribution in [2.24, 2.45) is 5.73 Å². The standard InChI is InChI=1S/C23H31NO2/c1-3-4-5-6-7-8-9-18-10-12-19(13-11-18)22(24)20-14-16-21(17-15-20)23(25)26-2/h10-17,22H,3-9,24H2,1-2H3. The normalized spacial score (nSPS) is 12.0. The summed E-state index contributed by atoms with van der Waals surface area (Å²) in [6.07, 6.45) is 9.06. The number of unbranched alkanes of at least 4 members (excludes halogenated alkanes) is 5. The Morgan fingerprint density at radius 3 is 2.00 bits per heavy atom. The van der Waals surface area contributed by atoms with Gasteiger partial charge in [0.2, 0.25) is 0 Å². The quantitative estimate of drug-likeness (QED) is 0.458. The maximum atomic E-state index is 11.5. The molecular weight excluding hydrogens is 322 g/mol. The predicted molar refractivity (Wildman–Crippen MR) is 107 cm³/mol. The highest BCUT2D eigenvalue weighted by atomic mass is 16.5. The van der Waals surface area contributed by atoms with Crippen molar-refractivity contribution in [2.75, 3.05) is 7.11 Å². The van der Waals surface area contributed by atoms with Gasteiger partial charge in [-0.1, -0.05) is 75.4 Å². The first-order valence-electron chi connectivity index (χ1n) is 9.68. The molecule has 2 N–H and O–H groups in total. The SMILES string of the molecule is CCCCCCCCc1ccc(C(N)c2ccc(C(=O)OC)cc2)cc1. The molecule has 0 spiro atoms. The van der Waals surface area contributed by atoms with Gasteiger partial charge in [0, 0.05) is 0 Å². The Morgan fingerprint density at radius 2 is 1.42 bits per heavy atom. The van der Waals surface area contributed by atoms with Crippen LogP contribution in [-0.4, -0.2) is 13.1 Å². The summed E-state index contributed by atoms with van der Waals surface area (Å²) in [7, 11) is 1.38. The van der Waals surface area contributed by atoms with Crippen molar-refractivity contribution in [1.29, 1.82) is 0 Å². The molecule has 0 bridgehead atoms. The fraction of sp³-hybridized carbons (Fsp3) is 0.435. The number of methoxy groups -OCH3 is 1. The maximum Gasteiger partial charge on any atom is 0.337 e. The number of hydrogen-bond acceptors (Lipinski definition) is 3. The summed E-state index contributed by atoms with van der Waals surface area (Å²) in [5.41, 5.74) is 10.4. The van der Waals surface area contributed by atoms with E-state index in [-0.39, 0.29) is 12.0 Å². The molecule has 26 heavy (non-hydrogen) atoms. The Hall–Kier alpha value is -2.13. The lowest BCUT2D eigenvalue weighted by atomic mass is 9.96. The van der Waals surface area contributed by atoms with E-state index >= 15 is 0 Å². The van der Waals surface area contributed by atoms with Crippen molar-refractivity contribution in [3.63, 3.8) is 0 Å².